The molecule has 0 heterocycles. The first-order valence-corrected chi connectivity index (χ1v) is 5.16. The molecule has 78 valence electrons. The zero-order chi connectivity index (χ0) is 11.0. The van der Waals surface area contributed by atoms with Crippen LogP contribution in [0.5, 0.6) is 0 Å². The quantitative estimate of drug-likeness (QED) is 0.383. The second-order valence-electron chi connectivity index (χ2n) is 2.77. The molecule has 0 aromatic heterocycles. The van der Waals surface area contributed by atoms with Crippen LogP contribution in [0.4, 0.5) is 0 Å². The Kier molecular flexibility index (Phi) is 10.1. The van der Waals surface area contributed by atoms with Crippen LogP contribution in [0.2, 0.25) is 0 Å². The standard InChI is InChI=1S/C6H18N3S.CHNS/c1-7(2)10(8(3)4)9(5)6;2-1-3/h1-6H3;3H/q+1;/p-1. The lowest BCUT2D eigenvalue weighted by Crippen LogP contribution is -2.44. The van der Waals surface area contributed by atoms with Gasteiger partial charge in [0.2, 0.25) is 0 Å². The highest BCUT2D eigenvalue weighted by atomic mass is 32.2. The molecule has 0 aliphatic carbocycles. The Bertz CT molecular complexity index is 134. The van der Waals surface area contributed by atoms with Crippen molar-refractivity contribution in [2.45, 2.75) is 0 Å². The molecule has 0 bridgehead atoms. The minimum Gasteiger partial charge on any atom is -0.696 e. The highest BCUT2D eigenvalue weighted by Gasteiger charge is 2.29. The van der Waals surface area contributed by atoms with Crippen molar-refractivity contribution in [1.29, 1.82) is 5.26 Å². The van der Waals surface area contributed by atoms with Crippen LogP contribution in [0.25, 0.3) is 0 Å². The van der Waals surface area contributed by atoms with Crippen molar-refractivity contribution in [2.24, 2.45) is 0 Å². The first kappa shape index (κ1) is 15.4. The van der Waals surface area contributed by atoms with Gasteiger partial charge in [-0.3, -0.25) is 0 Å². The number of rotatable bonds is 3. The average molecular weight is 222 g/mol. The molecular formula is C7H18N4S2. The molecule has 0 aromatic carbocycles. The van der Waals surface area contributed by atoms with Crippen LogP contribution in [0, 0.1) is 10.7 Å². The van der Waals surface area contributed by atoms with Gasteiger partial charge in [-0.15, -0.1) is 0 Å². The fourth-order valence-electron chi connectivity index (χ4n) is 0.980. The first-order chi connectivity index (χ1) is 5.88. The van der Waals surface area contributed by atoms with E-state index < -0.39 is 0 Å². The van der Waals surface area contributed by atoms with Gasteiger partial charge in [-0.2, -0.15) is 0 Å². The Morgan fingerprint density at radius 2 is 1.08 bits per heavy atom. The maximum atomic E-state index is 7.13. The molecular weight excluding hydrogens is 204 g/mol. The van der Waals surface area contributed by atoms with Crippen molar-refractivity contribution < 1.29 is 0 Å². The molecule has 13 heavy (non-hydrogen) atoms. The van der Waals surface area contributed by atoms with Gasteiger partial charge in [-0.05, 0) is 0 Å². The van der Waals surface area contributed by atoms with Crippen LogP contribution < -0.4 is 0 Å². The Morgan fingerprint density at radius 3 is 1.08 bits per heavy atom. The molecule has 6 heteroatoms. The monoisotopic (exact) mass is 222 g/mol. The normalized spacial score (nSPS) is 10.2. The van der Waals surface area contributed by atoms with E-state index >= 15 is 0 Å². The van der Waals surface area contributed by atoms with E-state index in [4.69, 9.17) is 5.26 Å². The molecule has 0 fully saturated rings. The lowest BCUT2D eigenvalue weighted by atomic mass is 11.2. The molecule has 0 aliphatic heterocycles. The van der Waals surface area contributed by atoms with Crippen molar-refractivity contribution in [3.05, 3.63) is 0 Å². The Morgan fingerprint density at radius 1 is 0.923 bits per heavy atom. The molecule has 0 atom stereocenters. The van der Waals surface area contributed by atoms with E-state index in [0.717, 1.165) is 0 Å². The molecule has 0 radical (unpaired) electrons. The molecule has 0 amide bonds. The van der Waals surface area contributed by atoms with Gasteiger partial charge >= 0.3 is 0 Å². The molecule has 0 saturated carbocycles. The van der Waals surface area contributed by atoms with E-state index in [9.17, 15) is 0 Å². The summed E-state index contributed by atoms with van der Waals surface area (Å²) >= 11 is 3.82. The lowest BCUT2D eigenvalue weighted by Gasteiger charge is -2.20. The highest BCUT2D eigenvalue weighted by molar-refractivity contribution is 7.90. The summed E-state index contributed by atoms with van der Waals surface area (Å²) in [5.41, 5.74) is 0. The molecule has 4 nitrogen and oxygen atoms in total. The van der Waals surface area contributed by atoms with Crippen molar-refractivity contribution in [2.75, 3.05) is 42.3 Å². The Balaban J connectivity index is 0. The van der Waals surface area contributed by atoms with Gasteiger partial charge in [-0.1, -0.05) is 18.3 Å². The van der Waals surface area contributed by atoms with E-state index in [1.165, 1.54) is 5.40 Å². The minimum absolute atomic E-state index is 0.120. The predicted molar refractivity (Wildman–Crippen MR) is 61.4 cm³/mol. The van der Waals surface area contributed by atoms with Crippen molar-refractivity contribution in [1.82, 2.24) is 12.9 Å². The number of thiocyanates is 1. The van der Waals surface area contributed by atoms with Crippen LogP contribution in [0.3, 0.4) is 0 Å². The van der Waals surface area contributed by atoms with Crippen LogP contribution >= 0.6 is 0 Å². The minimum atomic E-state index is 0.120. The third-order valence-electron chi connectivity index (χ3n) is 0.980. The van der Waals surface area contributed by atoms with Crippen LogP contribution in [0.1, 0.15) is 0 Å². The van der Waals surface area contributed by atoms with Gasteiger partial charge in [0, 0.05) is 42.3 Å². The molecule has 0 saturated heterocycles. The van der Waals surface area contributed by atoms with Gasteiger partial charge in [0.15, 0.2) is 0 Å². The van der Waals surface area contributed by atoms with Crippen LogP contribution in [-0.2, 0) is 24.1 Å². The summed E-state index contributed by atoms with van der Waals surface area (Å²) in [7, 11) is 12.5. The number of nitrogens with zero attached hydrogens (tertiary/aromatic N) is 4. The second kappa shape index (κ2) is 8.53. The Labute approximate surface area is 90.3 Å². The summed E-state index contributed by atoms with van der Waals surface area (Å²) < 4.78 is 6.58. The summed E-state index contributed by atoms with van der Waals surface area (Å²) in [6.07, 6.45) is 0. The zero-order valence-corrected chi connectivity index (χ0v) is 10.7. The fraction of sp³-hybridized carbons (Fsp3) is 0.857. The first-order valence-electron chi connectivity index (χ1n) is 3.66. The third kappa shape index (κ3) is 8.28. The van der Waals surface area contributed by atoms with E-state index in [2.05, 4.69) is 67.8 Å². The van der Waals surface area contributed by atoms with Gasteiger partial charge in [-0.25, -0.2) is 5.26 Å². The molecule has 0 aromatic rings. The molecule has 0 aliphatic rings. The predicted octanol–water partition coefficient (Wildman–Crippen LogP) is 0.0489. The number of hydrogen-bond acceptors (Lipinski definition) is 5. The summed E-state index contributed by atoms with van der Waals surface area (Å²) in [4.78, 5) is 0. The van der Waals surface area contributed by atoms with E-state index in [0.29, 0.717) is 0 Å². The van der Waals surface area contributed by atoms with Crippen molar-refractivity contribution in [3.63, 3.8) is 0 Å². The maximum Gasteiger partial charge on any atom is 0.266 e. The molecule has 0 spiro atoms. The fourth-order valence-corrected chi connectivity index (χ4v) is 2.94. The third-order valence-corrected chi connectivity index (χ3v) is 2.94. The van der Waals surface area contributed by atoms with Crippen molar-refractivity contribution >= 4 is 24.1 Å². The Hall–Kier alpha value is -0.0600. The van der Waals surface area contributed by atoms with Gasteiger partial charge < -0.3 is 12.6 Å². The summed E-state index contributed by atoms with van der Waals surface area (Å²) in [5.74, 6) is 0. The largest absolute Gasteiger partial charge is 0.696 e. The lowest BCUT2D eigenvalue weighted by molar-refractivity contribution is 0.511. The summed E-state index contributed by atoms with van der Waals surface area (Å²) in [6.45, 7) is 0. The van der Waals surface area contributed by atoms with Gasteiger partial charge in [0.1, 0.15) is 0 Å². The van der Waals surface area contributed by atoms with Crippen LogP contribution in [0.15, 0.2) is 0 Å². The van der Waals surface area contributed by atoms with E-state index in [1.807, 2.05) is 0 Å². The highest BCUT2D eigenvalue weighted by Crippen LogP contribution is 2.05. The summed E-state index contributed by atoms with van der Waals surface area (Å²) in [6, 6.07) is 0. The molecule has 0 rings (SSSR count). The van der Waals surface area contributed by atoms with Gasteiger partial charge in [0.05, 0.1) is 0 Å². The zero-order valence-electron chi connectivity index (χ0n) is 9.11. The van der Waals surface area contributed by atoms with Gasteiger partial charge in [0.25, 0.3) is 11.5 Å². The topological polar surface area (TPSA) is 33.5 Å². The van der Waals surface area contributed by atoms with E-state index in [-0.39, 0.29) is 11.5 Å². The van der Waals surface area contributed by atoms with Crippen LogP contribution in [-0.4, -0.2) is 55.2 Å². The van der Waals surface area contributed by atoms with Crippen molar-refractivity contribution in [3.8, 4) is 5.40 Å². The molecule has 0 N–H and O–H groups in total. The number of nitriles is 1. The summed E-state index contributed by atoms with van der Waals surface area (Å²) in [5, 5.41) is 8.47. The van der Waals surface area contributed by atoms with E-state index in [1.54, 1.807) is 0 Å². The molecule has 0 unspecified atom stereocenters. The smallest absolute Gasteiger partial charge is 0.266 e. The second-order valence-corrected chi connectivity index (χ2v) is 5.64. The maximum absolute atomic E-state index is 7.13. The SMILES string of the molecule is CN(C)[S+](N(C)C)N(C)C.N#C[S-]. The number of hydrogen-bond donors (Lipinski definition) is 0. The average Bonchev–Trinajstić information content (AvgIpc) is 1.84.